The fourth-order valence-electron chi connectivity index (χ4n) is 2.91. The van der Waals surface area contributed by atoms with Crippen LogP contribution in [0.2, 0.25) is 0 Å². The molecule has 1 fully saturated rings. The number of hydrogen-bond donors (Lipinski definition) is 1. The molecule has 3 heterocycles. The lowest BCUT2D eigenvalue weighted by molar-refractivity contribution is -0.385. The minimum atomic E-state index is -0.454. The van der Waals surface area contributed by atoms with Crippen LogP contribution in [0.5, 0.6) is 0 Å². The molecule has 0 radical (unpaired) electrons. The number of nitrogens with zero attached hydrogens (tertiary/aromatic N) is 4. The molecule has 0 saturated carbocycles. The lowest BCUT2D eigenvalue weighted by Crippen LogP contribution is -2.37. The van der Waals surface area contributed by atoms with Crippen molar-refractivity contribution in [3.63, 3.8) is 0 Å². The van der Waals surface area contributed by atoms with Crippen molar-refractivity contribution in [2.45, 2.75) is 25.8 Å². The van der Waals surface area contributed by atoms with Gasteiger partial charge in [-0.05, 0) is 31.0 Å². The van der Waals surface area contributed by atoms with Crippen molar-refractivity contribution >= 4 is 17.3 Å². The van der Waals surface area contributed by atoms with Crippen molar-refractivity contribution in [2.75, 3.05) is 36.5 Å². The number of nitro groups is 1. The number of ether oxygens (including phenoxy) is 1. The molecule has 1 N–H and O–H groups in total. The van der Waals surface area contributed by atoms with Gasteiger partial charge in [-0.2, -0.15) is 0 Å². The van der Waals surface area contributed by atoms with Gasteiger partial charge in [0.1, 0.15) is 17.8 Å². The van der Waals surface area contributed by atoms with Crippen molar-refractivity contribution in [2.24, 2.45) is 0 Å². The smallest absolute Gasteiger partial charge is 0.287 e. The van der Waals surface area contributed by atoms with Crippen molar-refractivity contribution in [3.05, 3.63) is 52.3 Å². The molecule has 0 spiro atoms. The van der Waals surface area contributed by atoms with Gasteiger partial charge in [0.25, 0.3) is 5.69 Å². The van der Waals surface area contributed by atoms with E-state index in [0.717, 1.165) is 44.1 Å². The summed E-state index contributed by atoms with van der Waals surface area (Å²) in [4.78, 5) is 21.3. The van der Waals surface area contributed by atoms with Gasteiger partial charge in [-0.15, -0.1) is 0 Å². The fraction of sp³-hybridized carbons (Fsp3) is 0.444. The zero-order valence-corrected chi connectivity index (χ0v) is 15.0. The third-order valence-electron chi connectivity index (χ3n) is 4.79. The highest BCUT2D eigenvalue weighted by Gasteiger charge is 2.26. The molecule has 0 bridgehead atoms. The SMILES string of the molecule is CCC(C)(Nc1ccc([N+](=O)[O-])cn1)c1ccc(N2CCOCC2)nc1. The van der Waals surface area contributed by atoms with Gasteiger partial charge in [0, 0.05) is 25.4 Å². The van der Waals surface area contributed by atoms with Crippen molar-refractivity contribution < 1.29 is 9.66 Å². The van der Waals surface area contributed by atoms with E-state index in [9.17, 15) is 10.1 Å². The van der Waals surface area contributed by atoms with E-state index in [1.54, 1.807) is 6.07 Å². The minimum absolute atomic E-state index is 0.0229. The standard InChI is InChI=1S/C18H23N5O3/c1-3-18(2,21-16-6-5-15(13-19-16)23(24)25)14-4-7-17(20-12-14)22-8-10-26-11-9-22/h4-7,12-13H,3,8-11H2,1-2H3,(H,19,21). The van der Waals surface area contributed by atoms with Crippen molar-refractivity contribution in [3.8, 4) is 0 Å². The van der Waals surface area contributed by atoms with E-state index in [-0.39, 0.29) is 11.2 Å². The van der Waals surface area contributed by atoms with Gasteiger partial charge in [-0.25, -0.2) is 9.97 Å². The third kappa shape index (κ3) is 3.91. The third-order valence-corrected chi connectivity index (χ3v) is 4.79. The maximum atomic E-state index is 10.8. The highest BCUT2D eigenvalue weighted by molar-refractivity contribution is 5.46. The molecule has 2 aromatic heterocycles. The largest absolute Gasteiger partial charge is 0.378 e. The number of morpholine rings is 1. The van der Waals surface area contributed by atoms with E-state index < -0.39 is 4.92 Å². The number of pyridine rings is 2. The fourth-order valence-corrected chi connectivity index (χ4v) is 2.91. The summed E-state index contributed by atoms with van der Waals surface area (Å²) in [6, 6.07) is 7.17. The zero-order valence-electron chi connectivity index (χ0n) is 15.0. The molecule has 0 aromatic carbocycles. The Bertz CT molecular complexity index is 744. The molecular weight excluding hydrogens is 334 g/mol. The molecule has 26 heavy (non-hydrogen) atoms. The predicted octanol–water partition coefficient (Wildman–Crippen LogP) is 2.96. The Labute approximate surface area is 152 Å². The van der Waals surface area contributed by atoms with Gasteiger partial charge in [-0.3, -0.25) is 10.1 Å². The van der Waals surface area contributed by atoms with E-state index in [1.807, 2.05) is 12.3 Å². The second-order valence-corrected chi connectivity index (χ2v) is 6.47. The number of nitrogens with one attached hydrogen (secondary N) is 1. The molecule has 0 amide bonds. The number of hydrogen-bond acceptors (Lipinski definition) is 7. The minimum Gasteiger partial charge on any atom is -0.378 e. The molecule has 8 heteroatoms. The molecule has 1 saturated heterocycles. The summed E-state index contributed by atoms with van der Waals surface area (Å²) in [6.07, 6.45) is 3.95. The number of rotatable bonds is 6. The lowest BCUT2D eigenvalue weighted by Gasteiger charge is -2.32. The first-order valence-electron chi connectivity index (χ1n) is 8.70. The van der Waals surface area contributed by atoms with E-state index in [2.05, 4.69) is 40.1 Å². The molecular formula is C18H23N5O3. The summed E-state index contributed by atoms with van der Waals surface area (Å²) in [7, 11) is 0. The van der Waals surface area contributed by atoms with Crippen LogP contribution in [0.3, 0.4) is 0 Å². The molecule has 0 aliphatic carbocycles. The summed E-state index contributed by atoms with van der Waals surface area (Å²) < 4.78 is 5.38. The van der Waals surface area contributed by atoms with Crippen LogP contribution in [0, 0.1) is 10.1 Å². The van der Waals surface area contributed by atoms with Gasteiger partial charge in [-0.1, -0.05) is 13.0 Å². The second-order valence-electron chi connectivity index (χ2n) is 6.47. The first kappa shape index (κ1) is 18.1. The van der Waals surface area contributed by atoms with E-state index >= 15 is 0 Å². The molecule has 3 rings (SSSR count). The Kier molecular flexibility index (Phi) is 5.32. The van der Waals surface area contributed by atoms with E-state index in [0.29, 0.717) is 5.82 Å². The monoisotopic (exact) mass is 357 g/mol. The Balaban J connectivity index is 1.76. The van der Waals surface area contributed by atoms with Gasteiger partial charge in [0.2, 0.25) is 0 Å². The van der Waals surface area contributed by atoms with Crippen LogP contribution in [-0.4, -0.2) is 41.2 Å². The summed E-state index contributed by atoms with van der Waals surface area (Å²) in [5.74, 6) is 1.54. The van der Waals surface area contributed by atoms with Crippen LogP contribution in [0.25, 0.3) is 0 Å². The average molecular weight is 357 g/mol. The zero-order chi connectivity index (χ0) is 18.6. The summed E-state index contributed by atoms with van der Waals surface area (Å²) >= 11 is 0. The highest BCUT2D eigenvalue weighted by atomic mass is 16.6. The summed E-state index contributed by atoms with van der Waals surface area (Å²) in [6.45, 7) is 7.30. The van der Waals surface area contributed by atoms with E-state index in [4.69, 9.17) is 4.74 Å². The van der Waals surface area contributed by atoms with Gasteiger partial charge >= 0.3 is 0 Å². The number of aromatic nitrogens is 2. The van der Waals surface area contributed by atoms with Crippen LogP contribution in [0.1, 0.15) is 25.8 Å². The Morgan fingerprint density at radius 1 is 1.23 bits per heavy atom. The summed E-state index contributed by atoms with van der Waals surface area (Å²) in [5, 5.41) is 14.1. The second kappa shape index (κ2) is 7.65. The highest BCUT2D eigenvalue weighted by Crippen LogP contribution is 2.29. The van der Waals surface area contributed by atoms with Gasteiger partial charge in [0.05, 0.1) is 23.7 Å². The van der Waals surface area contributed by atoms with Crippen molar-refractivity contribution in [1.29, 1.82) is 0 Å². The lowest BCUT2D eigenvalue weighted by atomic mass is 9.90. The van der Waals surface area contributed by atoms with E-state index in [1.165, 1.54) is 12.3 Å². The normalized spacial score (nSPS) is 16.8. The first-order chi connectivity index (χ1) is 12.5. The molecule has 138 valence electrons. The maximum Gasteiger partial charge on any atom is 0.287 e. The Hall–Kier alpha value is -2.74. The summed E-state index contributed by atoms with van der Waals surface area (Å²) in [5.41, 5.74) is 0.641. The van der Waals surface area contributed by atoms with Crippen LogP contribution in [0.4, 0.5) is 17.3 Å². The quantitative estimate of drug-likeness (QED) is 0.627. The molecule has 1 atom stereocenters. The first-order valence-corrected chi connectivity index (χ1v) is 8.70. The Morgan fingerprint density at radius 2 is 2.00 bits per heavy atom. The van der Waals surface area contributed by atoms with Crippen LogP contribution in [0.15, 0.2) is 36.7 Å². The topological polar surface area (TPSA) is 93.4 Å². The van der Waals surface area contributed by atoms with Crippen LogP contribution < -0.4 is 10.2 Å². The van der Waals surface area contributed by atoms with Gasteiger partial charge in [0.15, 0.2) is 0 Å². The number of anilines is 2. The molecule has 1 unspecified atom stereocenters. The molecule has 1 aliphatic heterocycles. The van der Waals surface area contributed by atoms with Crippen molar-refractivity contribution in [1.82, 2.24) is 9.97 Å². The van der Waals surface area contributed by atoms with Gasteiger partial charge < -0.3 is 15.0 Å². The van der Waals surface area contributed by atoms with Crippen LogP contribution >= 0.6 is 0 Å². The van der Waals surface area contributed by atoms with Crippen LogP contribution in [-0.2, 0) is 10.3 Å². The maximum absolute atomic E-state index is 10.8. The predicted molar refractivity (Wildman–Crippen MR) is 99.4 cm³/mol. The Morgan fingerprint density at radius 3 is 2.54 bits per heavy atom. The average Bonchev–Trinajstić information content (AvgIpc) is 2.69. The molecule has 8 nitrogen and oxygen atoms in total. The molecule has 1 aliphatic rings. The molecule has 2 aromatic rings.